The molecule has 0 spiro atoms. The summed E-state index contributed by atoms with van der Waals surface area (Å²) in [5.74, 6) is -1.60. The van der Waals surface area contributed by atoms with E-state index in [1.165, 1.54) is 11.8 Å². The van der Waals surface area contributed by atoms with Gasteiger partial charge in [0.25, 0.3) is 0 Å². The fourth-order valence-electron chi connectivity index (χ4n) is 1.13. The third-order valence-corrected chi connectivity index (χ3v) is 2.00. The van der Waals surface area contributed by atoms with Crippen molar-refractivity contribution in [1.29, 1.82) is 5.26 Å². The lowest BCUT2D eigenvalue weighted by atomic mass is 10.1. The molecule has 0 aliphatic carbocycles. The van der Waals surface area contributed by atoms with Crippen LogP contribution in [0.5, 0.6) is 0 Å². The van der Waals surface area contributed by atoms with Gasteiger partial charge >= 0.3 is 0 Å². The highest BCUT2D eigenvalue weighted by Gasteiger charge is 2.20. The van der Waals surface area contributed by atoms with Crippen molar-refractivity contribution in [2.45, 2.75) is 26.7 Å². The van der Waals surface area contributed by atoms with Crippen LogP contribution in [0.15, 0.2) is 0 Å². The van der Waals surface area contributed by atoms with Gasteiger partial charge in [0.15, 0.2) is 0 Å². The quantitative estimate of drug-likeness (QED) is 0.683. The Kier molecular flexibility index (Phi) is 6.11. The highest BCUT2D eigenvalue weighted by atomic mass is 16.2. The average molecular weight is 211 g/mol. The Morgan fingerprint density at radius 1 is 1.53 bits per heavy atom. The zero-order valence-corrected chi connectivity index (χ0v) is 9.19. The van der Waals surface area contributed by atoms with Crippen molar-refractivity contribution < 1.29 is 9.59 Å². The lowest BCUT2D eigenvalue weighted by Crippen LogP contribution is -2.41. The van der Waals surface area contributed by atoms with E-state index in [-0.39, 0.29) is 12.5 Å². The highest BCUT2D eigenvalue weighted by Crippen LogP contribution is 2.03. The normalized spacial score (nSPS) is 11.5. The second kappa shape index (κ2) is 6.82. The van der Waals surface area contributed by atoms with Crippen LogP contribution in [0.25, 0.3) is 0 Å². The number of hydrogen-bond acceptors (Lipinski definition) is 3. The molecule has 0 fully saturated rings. The van der Waals surface area contributed by atoms with Crippen molar-refractivity contribution >= 4 is 11.8 Å². The van der Waals surface area contributed by atoms with E-state index in [1.807, 2.05) is 13.0 Å². The number of primary amides is 1. The summed E-state index contributed by atoms with van der Waals surface area (Å²) in [6.07, 6.45) is 1.72. The number of nitrogens with zero attached hydrogens (tertiary/aromatic N) is 2. The molecule has 0 aliphatic heterocycles. The van der Waals surface area contributed by atoms with Crippen LogP contribution in [0.1, 0.15) is 26.7 Å². The molecule has 1 atom stereocenters. The SMILES string of the molecule is CCCCN(CC(N)=O)C(=O)C(C)C#N. The van der Waals surface area contributed by atoms with E-state index in [2.05, 4.69) is 0 Å². The monoisotopic (exact) mass is 211 g/mol. The summed E-state index contributed by atoms with van der Waals surface area (Å²) in [5, 5.41) is 8.60. The highest BCUT2D eigenvalue weighted by molar-refractivity contribution is 5.86. The van der Waals surface area contributed by atoms with Gasteiger partial charge in [-0.15, -0.1) is 0 Å². The average Bonchev–Trinajstić information content (AvgIpc) is 2.21. The molecular formula is C10H17N3O2. The second-order valence-electron chi connectivity index (χ2n) is 3.43. The molecule has 0 radical (unpaired) electrons. The first-order valence-corrected chi connectivity index (χ1v) is 4.99. The van der Waals surface area contributed by atoms with Gasteiger partial charge in [0.1, 0.15) is 5.92 Å². The zero-order chi connectivity index (χ0) is 11.8. The molecule has 2 amide bonds. The smallest absolute Gasteiger partial charge is 0.240 e. The van der Waals surface area contributed by atoms with Crippen LogP contribution >= 0.6 is 0 Å². The molecule has 1 unspecified atom stereocenters. The van der Waals surface area contributed by atoms with Gasteiger partial charge in [0.2, 0.25) is 11.8 Å². The predicted octanol–water partition coefficient (Wildman–Crippen LogP) is 0.260. The lowest BCUT2D eigenvalue weighted by Gasteiger charge is -2.21. The van der Waals surface area contributed by atoms with E-state index in [9.17, 15) is 9.59 Å². The van der Waals surface area contributed by atoms with Gasteiger partial charge in [0, 0.05) is 6.54 Å². The number of nitriles is 1. The minimum absolute atomic E-state index is 0.106. The third-order valence-electron chi connectivity index (χ3n) is 2.00. The summed E-state index contributed by atoms with van der Waals surface area (Å²) in [6.45, 7) is 3.87. The van der Waals surface area contributed by atoms with Crippen molar-refractivity contribution in [3.05, 3.63) is 0 Å². The number of rotatable bonds is 6. The topological polar surface area (TPSA) is 87.2 Å². The van der Waals surface area contributed by atoms with Crippen molar-refractivity contribution in [2.24, 2.45) is 11.7 Å². The summed E-state index contributed by atoms with van der Waals surface area (Å²) < 4.78 is 0. The van der Waals surface area contributed by atoms with Crippen LogP contribution in [0.4, 0.5) is 0 Å². The molecule has 0 aromatic carbocycles. The molecule has 0 aliphatic rings. The van der Waals surface area contributed by atoms with E-state index in [0.29, 0.717) is 6.54 Å². The molecule has 5 heteroatoms. The zero-order valence-electron chi connectivity index (χ0n) is 9.19. The molecule has 0 rings (SSSR count). The van der Waals surface area contributed by atoms with E-state index >= 15 is 0 Å². The van der Waals surface area contributed by atoms with Crippen LogP contribution in [0.3, 0.4) is 0 Å². The molecule has 0 heterocycles. The molecule has 0 saturated heterocycles. The van der Waals surface area contributed by atoms with E-state index in [0.717, 1.165) is 12.8 Å². The van der Waals surface area contributed by atoms with E-state index in [4.69, 9.17) is 11.0 Å². The van der Waals surface area contributed by atoms with Gasteiger partial charge in [-0.25, -0.2) is 0 Å². The number of nitrogens with two attached hydrogens (primary N) is 1. The number of amides is 2. The van der Waals surface area contributed by atoms with Crippen LogP contribution in [0, 0.1) is 17.2 Å². The Morgan fingerprint density at radius 3 is 2.53 bits per heavy atom. The summed E-state index contributed by atoms with van der Waals surface area (Å²) in [6, 6.07) is 1.85. The van der Waals surface area contributed by atoms with Gasteiger partial charge in [-0.1, -0.05) is 13.3 Å². The molecule has 0 saturated carbocycles. The molecule has 84 valence electrons. The number of carbonyl (C=O) groups is 2. The molecule has 5 nitrogen and oxygen atoms in total. The number of hydrogen-bond donors (Lipinski definition) is 1. The van der Waals surface area contributed by atoms with E-state index < -0.39 is 11.8 Å². The Labute approximate surface area is 89.8 Å². The van der Waals surface area contributed by atoms with Crippen molar-refractivity contribution in [2.75, 3.05) is 13.1 Å². The standard InChI is InChI=1S/C10H17N3O2/c1-3-4-5-13(7-9(12)14)10(15)8(2)6-11/h8H,3-5,7H2,1-2H3,(H2,12,14). The van der Waals surface area contributed by atoms with Crippen molar-refractivity contribution in [1.82, 2.24) is 4.90 Å². The first-order valence-electron chi connectivity index (χ1n) is 4.99. The Bertz CT molecular complexity index is 270. The summed E-state index contributed by atoms with van der Waals surface area (Å²) in [4.78, 5) is 23.7. The molecule has 0 aromatic rings. The molecule has 15 heavy (non-hydrogen) atoms. The van der Waals surface area contributed by atoms with Crippen LogP contribution in [-0.4, -0.2) is 29.8 Å². The minimum Gasteiger partial charge on any atom is -0.368 e. The lowest BCUT2D eigenvalue weighted by molar-refractivity contribution is -0.136. The molecular weight excluding hydrogens is 194 g/mol. The third kappa shape index (κ3) is 5.01. The summed E-state index contributed by atoms with van der Waals surface area (Å²) in [5.41, 5.74) is 5.03. The molecule has 0 aromatic heterocycles. The van der Waals surface area contributed by atoms with Gasteiger partial charge in [0.05, 0.1) is 12.6 Å². The van der Waals surface area contributed by atoms with Gasteiger partial charge in [-0.05, 0) is 13.3 Å². The maximum absolute atomic E-state index is 11.6. The Hall–Kier alpha value is -1.57. The van der Waals surface area contributed by atoms with Gasteiger partial charge < -0.3 is 10.6 Å². The maximum Gasteiger partial charge on any atom is 0.240 e. The predicted molar refractivity (Wildman–Crippen MR) is 55.5 cm³/mol. The molecule has 0 bridgehead atoms. The first kappa shape index (κ1) is 13.4. The number of carbonyl (C=O) groups excluding carboxylic acids is 2. The largest absolute Gasteiger partial charge is 0.368 e. The summed E-state index contributed by atoms with van der Waals surface area (Å²) in [7, 11) is 0. The first-order chi connectivity index (χ1) is 7.02. The van der Waals surface area contributed by atoms with Gasteiger partial charge in [-0.2, -0.15) is 5.26 Å². The second-order valence-corrected chi connectivity index (χ2v) is 3.43. The maximum atomic E-state index is 11.6. The van der Waals surface area contributed by atoms with Crippen LogP contribution in [0.2, 0.25) is 0 Å². The van der Waals surface area contributed by atoms with Crippen LogP contribution < -0.4 is 5.73 Å². The van der Waals surface area contributed by atoms with Crippen molar-refractivity contribution in [3.63, 3.8) is 0 Å². The van der Waals surface area contributed by atoms with Crippen LogP contribution in [-0.2, 0) is 9.59 Å². The minimum atomic E-state index is -0.721. The summed E-state index contributed by atoms with van der Waals surface area (Å²) >= 11 is 0. The fourth-order valence-corrected chi connectivity index (χ4v) is 1.13. The fraction of sp³-hybridized carbons (Fsp3) is 0.700. The Balaban J connectivity index is 4.41. The molecule has 2 N–H and O–H groups in total. The number of unbranched alkanes of at least 4 members (excludes halogenated alkanes) is 1. The Morgan fingerprint density at radius 2 is 2.13 bits per heavy atom. The van der Waals surface area contributed by atoms with E-state index in [1.54, 1.807) is 0 Å². The van der Waals surface area contributed by atoms with Crippen molar-refractivity contribution in [3.8, 4) is 6.07 Å². The van der Waals surface area contributed by atoms with Gasteiger partial charge in [-0.3, -0.25) is 9.59 Å².